The van der Waals surface area contributed by atoms with Crippen molar-refractivity contribution in [1.82, 2.24) is 10.2 Å². The van der Waals surface area contributed by atoms with Crippen LogP contribution in [0.3, 0.4) is 0 Å². The summed E-state index contributed by atoms with van der Waals surface area (Å²) in [5, 5.41) is 12.5. The van der Waals surface area contributed by atoms with Gasteiger partial charge in [-0.05, 0) is 13.8 Å². The predicted molar refractivity (Wildman–Crippen MR) is 60.2 cm³/mol. The van der Waals surface area contributed by atoms with Crippen LogP contribution in [-0.4, -0.2) is 36.6 Å². The Morgan fingerprint density at radius 3 is 2.73 bits per heavy atom. The lowest BCUT2D eigenvalue weighted by molar-refractivity contribution is 0.0141. The van der Waals surface area contributed by atoms with E-state index < -0.39 is 0 Å². The van der Waals surface area contributed by atoms with Crippen molar-refractivity contribution >= 4 is 16.5 Å². The first-order chi connectivity index (χ1) is 7.22. The molecule has 1 N–H and O–H groups in total. The highest BCUT2D eigenvalue weighted by Gasteiger charge is 2.02. The van der Waals surface area contributed by atoms with Crippen molar-refractivity contribution in [2.24, 2.45) is 0 Å². The van der Waals surface area contributed by atoms with Gasteiger partial charge in [0.15, 0.2) is 0 Å². The van der Waals surface area contributed by atoms with E-state index >= 15 is 0 Å². The number of rotatable bonds is 7. The lowest BCUT2D eigenvalue weighted by Crippen LogP contribution is -2.09. The Morgan fingerprint density at radius 2 is 2.13 bits per heavy atom. The maximum atomic E-state index is 5.38. The van der Waals surface area contributed by atoms with E-state index in [-0.39, 0.29) is 6.10 Å². The standard InChI is InChI=1S/C9H17N3O2S/c1-7(2)14-5-4-13-6-8-11-12-9(10-3)15-8/h7H,4-6H2,1-3H3,(H,10,12). The summed E-state index contributed by atoms with van der Waals surface area (Å²) in [6.07, 6.45) is 0.256. The van der Waals surface area contributed by atoms with Gasteiger partial charge in [0.25, 0.3) is 0 Å². The molecule has 1 aromatic heterocycles. The fraction of sp³-hybridized carbons (Fsp3) is 0.778. The van der Waals surface area contributed by atoms with Crippen LogP contribution in [0, 0.1) is 0 Å². The number of nitrogens with zero attached hydrogens (tertiary/aromatic N) is 2. The molecule has 1 rings (SSSR count). The molecule has 5 nitrogen and oxygen atoms in total. The topological polar surface area (TPSA) is 56.3 Å². The second-order valence-electron chi connectivity index (χ2n) is 3.22. The van der Waals surface area contributed by atoms with Crippen LogP contribution in [-0.2, 0) is 16.1 Å². The van der Waals surface area contributed by atoms with Crippen LogP contribution in [0.4, 0.5) is 5.13 Å². The number of anilines is 1. The van der Waals surface area contributed by atoms with Crippen molar-refractivity contribution < 1.29 is 9.47 Å². The molecular weight excluding hydrogens is 214 g/mol. The van der Waals surface area contributed by atoms with Crippen LogP contribution in [0.15, 0.2) is 0 Å². The van der Waals surface area contributed by atoms with Crippen molar-refractivity contribution in [2.75, 3.05) is 25.6 Å². The van der Waals surface area contributed by atoms with Gasteiger partial charge in [0.1, 0.15) is 11.6 Å². The molecule has 0 atom stereocenters. The van der Waals surface area contributed by atoms with Gasteiger partial charge < -0.3 is 14.8 Å². The minimum absolute atomic E-state index is 0.256. The van der Waals surface area contributed by atoms with Crippen LogP contribution >= 0.6 is 11.3 Å². The molecule has 15 heavy (non-hydrogen) atoms. The van der Waals surface area contributed by atoms with Crippen LogP contribution < -0.4 is 5.32 Å². The Balaban J connectivity index is 2.09. The van der Waals surface area contributed by atoms with Crippen LogP contribution in [0.2, 0.25) is 0 Å². The molecule has 0 spiro atoms. The second-order valence-corrected chi connectivity index (χ2v) is 4.29. The minimum Gasteiger partial charge on any atom is -0.376 e. The van der Waals surface area contributed by atoms with Crippen molar-refractivity contribution in [3.63, 3.8) is 0 Å². The van der Waals surface area contributed by atoms with Gasteiger partial charge in [-0.1, -0.05) is 11.3 Å². The molecule has 0 radical (unpaired) electrons. The molecule has 1 heterocycles. The van der Waals surface area contributed by atoms with Gasteiger partial charge >= 0.3 is 0 Å². The summed E-state index contributed by atoms with van der Waals surface area (Å²) >= 11 is 1.50. The first-order valence-electron chi connectivity index (χ1n) is 4.92. The number of aromatic nitrogens is 2. The molecular formula is C9H17N3O2S. The van der Waals surface area contributed by atoms with Gasteiger partial charge in [0, 0.05) is 7.05 Å². The molecule has 6 heteroatoms. The average Bonchev–Trinajstić information content (AvgIpc) is 2.65. The summed E-state index contributed by atoms with van der Waals surface area (Å²) in [5.74, 6) is 0. The van der Waals surface area contributed by atoms with Crippen LogP contribution in [0.25, 0.3) is 0 Å². The van der Waals surface area contributed by atoms with E-state index in [1.807, 2.05) is 20.9 Å². The van der Waals surface area contributed by atoms with E-state index in [2.05, 4.69) is 15.5 Å². The Kier molecular flexibility index (Phi) is 5.52. The number of nitrogens with one attached hydrogen (secondary N) is 1. The van der Waals surface area contributed by atoms with Gasteiger partial charge in [-0.3, -0.25) is 0 Å². The molecule has 0 saturated heterocycles. The Hall–Kier alpha value is -0.720. The normalized spacial score (nSPS) is 10.9. The largest absolute Gasteiger partial charge is 0.376 e. The molecule has 0 aliphatic heterocycles. The molecule has 0 bridgehead atoms. The third-order valence-corrected chi connectivity index (χ3v) is 2.50. The quantitative estimate of drug-likeness (QED) is 0.721. The molecule has 86 valence electrons. The van der Waals surface area contributed by atoms with E-state index in [4.69, 9.17) is 9.47 Å². The third-order valence-electron chi connectivity index (χ3n) is 1.59. The highest BCUT2D eigenvalue weighted by Crippen LogP contribution is 2.14. The summed E-state index contributed by atoms with van der Waals surface area (Å²) < 4.78 is 10.7. The van der Waals surface area contributed by atoms with Crippen molar-refractivity contribution in [1.29, 1.82) is 0 Å². The van der Waals surface area contributed by atoms with Gasteiger partial charge in [-0.25, -0.2) is 0 Å². The maximum absolute atomic E-state index is 5.38. The Labute approximate surface area is 93.8 Å². The maximum Gasteiger partial charge on any atom is 0.205 e. The average molecular weight is 231 g/mol. The van der Waals surface area contributed by atoms with E-state index in [0.29, 0.717) is 19.8 Å². The first kappa shape index (κ1) is 12.4. The lowest BCUT2D eigenvalue weighted by Gasteiger charge is -2.06. The SMILES string of the molecule is CNc1nnc(COCCOC(C)C)s1. The van der Waals surface area contributed by atoms with Gasteiger partial charge in [-0.15, -0.1) is 10.2 Å². The van der Waals surface area contributed by atoms with Gasteiger partial charge in [0.05, 0.1) is 19.3 Å². The Bertz CT molecular complexity index is 278. The molecule has 0 saturated carbocycles. The summed E-state index contributed by atoms with van der Waals surface area (Å²) in [4.78, 5) is 0. The molecule has 0 amide bonds. The van der Waals surface area contributed by atoms with E-state index in [9.17, 15) is 0 Å². The number of hydrogen-bond acceptors (Lipinski definition) is 6. The van der Waals surface area contributed by atoms with Crippen molar-refractivity contribution in [2.45, 2.75) is 26.6 Å². The van der Waals surface area contributed by atoms with E-state index in [0.717, 1.165) is 10.1 Å². The number of hydrogen-bond donors (Lipinski definition) is 1. The predicted octanol–water partition coefficient (Wildman–Crippen LogP) is 1.52. The zero-order valence-corrected chi connectivity index (χ0v) is 10.1. The van der Waals surface area contributed by atoms with Crippen molar-refractivity contribution in [3.05, 3.63) is 5.01 Å². The molecule has 0 aromatic carbocycles. The van der Waals surface area contributed by atoms with E-state index in [1.165, 1.54) is 11.3 Å². The summed E-state index contributed by atoms with van der Waals surface area (Å²) in [5.41, 5.74) is 0. The summed E-state index contributed by atoms with van der Waals surface area (Å²) in [6.45, 7) is 5.72. The third kappa shape index (κ3) is 5.06. The van der Waals surface area contributed by atoms with Gasteiger partial charge in [0.2, 0.25) is 5.13 Å². The smallest absolute Gasteiger partial charge is 0.205 e. The highest BCUT2D eigenvalue weighted by molar-refractivity contribution is 7.15. The van der Waals surface area contributed by atoms with Crippen molar-refractivity contribution in [3.8, 4) is 0 Å². The summed E-state index contributed by atoms with van der Waals surface area (Å²) in [7, 11) is 1.82. The zero-order chi connectivity index (χ0) is 11.1. The highest BCUT2D eigenvalue weighted by atomic mass is 32.1. The fourth-order valence-corrected chi connectivity index (χ4v) is 1.55. The molecule has 1 aromatic rings. The lowest BCUT2D eigenvalue weighted by atomic mass is 10.5. The fourth-order valence-electron chi connectivity index (χ4n) is 0.915. The van der Waals surface area contributed by atoms with E-state index in [1.54, 1.807) is 0 Å². The molecule has 0 fully saturated rings. The zero-order valence-electron chi connectivity index (χ0n) is 9.32. The van der Waals surface area contributed by atoms with Gasteiger partial charge in [-0.2, -0.15) is 0 Å². The number of ether oxygens (including phenoxy) is 2. The van der Waals surface area contributed by atoms with Crippen LogP contribution in [0.1, 0.15) is 18.9 Å². The monoisotopic (exact) mass is 231 g/mol. The molecule has 0 aliphatic carbocycles. The minimum atomic E-state index is 0.256. The Morgan fingerprint density at radius 1 is 1.33 bits per heavy atom. The molecule has 0 unspecified atom stereocenters. The molecule has 0 aliphatic rings. The first-order valence-corrected chi connectivity index (χ1v) is 5.73. The second kappa shape index (κ2) is 6.71. The van der Waals surface area contributed by atoms with Crippen LogP contribution in [0.5, 0.6) is 0 Å². The summed E-state index contributed by atoms with van der Waals surface area (Å²) in [6, 6.07) is 0.